The van der Waals surface area contributed by atoms with Crippen molar-refractivity contribution in [3.05, 3.63) is 11.6 Å². The number of methoxy groups -OCH3 is 2. The van der Waals surface area contributed by atoms with Crippen molar-refractivity contribution < 1.29 is 19.0 Å². The Morgan fingerprint density at radius 3 is 2.85 bits per heavy atom. The number of hydrogen-bond acceptors (Lipinski definition) is 6. The number of rotatable bonds is 4. The molecule has 0 amide bonds. The number of hydrogen-bond donors (Lipinski definition) is 0. The van der Waals surface area contributed by atoms with Gasteiger partial charge in [0.2, 0.25) is 0 Å². The highest BCUT2D eigenvalue weighted by Gasteiger charge is 2.66. The second kappa shape index (κ2) is 6.65. The van der Waals surface area contributed by atoms with Gasteiger partial charge in [-0.25, -0.2) is 4.79 Å². The highest BCUT2D eigenvalue weighted by Crippen LogP contribution is 2.58. The topological polar surface area (TPSA) is 51.2 Å². The third kappa shape index (κ3) is 2.61. The zero-order valence-corrected chi connectivity index (χ0v) is 16.0. The van der Waals surface area contributed by atoms with Gasteiger partial charge in [0.25, 0.3) is 0 Å². The Kier molecular flexibility index (Phi) is 4.60. The van der Waals surface area contributed by atoms with E-state index in [1.807, 2.05) is 14.1 Å². The highest BCUT2D eigenvalue weighted by atomic mass is 16.7. The molecule has 26 heavy (non-hydrogen) atoms. The van der Waals surface area contributed by atoms with Crippen LogP contribution in [0, 0.1) is 17.8 Å². The summed E-state index contributed by atoms with van der Waals surface area (Å²) in [6.45, 7) is 0.724. The maximum Gasteiger partial charge on any atom is 0.331 e. The van der Waals surface area contributed by atoms with Crippen molar-refractivity contribution in [3.63, 3.8) is 0 Å². The molecule has 5 atom stereocenters. The van der Waals surface area contributed by atoms with E-state index in [2.05, 4.69) is 21.6 Å². The molecule has 3 heterocycles. The first-order valence-electron chi connectivity index (χ1n) is 9.41. The minimum absolute atomic E-state index is 0.0925. The Bertz CT molecular complexity index is 675. The fraction of sp³-hybridized carbons (Fsp3) is 0.750. The van der Waals surface area contributed by atoms with E-state index in [1.54, 1.807) is 20.3 Å². The summed E-state index contributed by atoms with van der Waals surface area (Å²) in [5.74, 6) is 6.58. The summed E-state index contributed by atoms with van der Waals surface area (Å²) in [5, 5.41) is 0. The first-order valence-corrected chi connectivity index (χ1v) is 9.41. The predicted octanol–water partition coefficient (Wildman–Crippen LogP) is 1.02. The fourth-order valence-corrected chi connectivity index (χ4v) is 5.54. The van der Waals surface area contributed by atoms with Crippen molar-refractivity contribution in [2.24, 2.45) is 5.92 Å². The van der Waals surface area contributed by atoms with Gasteiger partial charge in [0, 0.05) is 38.7 Å². The van der Waals surface area contributed by atoms with E-state index in [0.29, 0.717) is 6.04 Å². The molecule has 0 aromatic heterocycles. The smallest absolute Gasteiger partial charge is 0.331 e. The van der Waals surface area contributed by atoms with Gasteiger partial charge in [-0.3, -0.25) is 9.80 Å². The van der Waals surface area contributed by atoms with Crippen LogP contribution in [0.25, 0.3) is 0 Å². The van der Waals surface area contributed by atoms with Crippen LogP contribution < -0.4 is 0 Å². The SMILES string of the molecule is COC(OC)C1CCC2N1C1CC(C#CCN(C)C)C3=CC(=O)OC32C1. The quantitative estimate of drug-likeness (QED) is 0.424. The number of carbonyl (C=O) groups is 1. The Labute approximate surface area is 155 Å². The van der Waals surface area contributed by atoms with E-state index in [-0.39, 0.29) is 30.3 Å². The van der Waals surface area contributed by atoms with Crippen molar-refractivity contribution in [2.75, 3.05) is 34.9 Å². The molecular formula is C20H28N2O4. The van der Waals surface area contributed by atoms with Crippen molar-refractivity contribution in [1.29, 1.82) is 0 Å². The third-order valence-electron chi connectivity index (χ3n) is 6.36. The first kappa shape index (κ1) is 18.0. The molecule has 1 saturated carbocycles. The van der Waals surface area contributed by atoms with E-state index >= 15 is 0 Å². The lowest BCUT2D eigenvalue weighted by Crippen LogP contribution is -2.48. The molecule has 0 aromatic carbocycles. The fourth-order valence-electron chi connectivity index (χ4n) is 5.54. The van der Waals surface area contributed by atoms with E-state index in [1.165, 1.54) is 0 Å². The summed E-state index contributed by atoms with van der Waals surface area (Å²) in [5.41, 5.74) is 0.614. The van der Waals surface area contributed by atoms with Crippen LogP contribution in [-0.4, -0.2) is 80.6 Å². The van der Waals surface area contributed by atoms with Gasteiger partial charge < -0.3 is 14.2 Å². The molecule has 0 N–H and O–H groups in total. The second-order valence-electron chi connectivity index (χ2n) is 8.06. The van der Waals surface area contributed by atoms with Gasteiger partial charge in [-0.1, -0.05) is 11.8 Å². The zero-order chi connectivity index (χ0) is 18.5. The third-order valence-corrected chi connectivity index (χ3v) is 6.36. The van der Waals surface area contributed by atoms with Crippen LogP contribution in [0.5, 0.6) is 0 Å². The molecule has 2 bridgehead atoms. The maximum atomic E-state index is 12.2. The Morgan fingerprint density at radius 1 is 1.38 bits per heavy atom. The number of carbonyl (C=O) groups excluding carboxylic acids is 1. The van der Waals surface area contributed by atoms with E-state index in [4.69, 9.17) is 14.2 Å². The normalized spacial score (nSPS) is 38.1. The lowest BCUT2D eigenvalue weighted by atomic mass is 9.72. The predicted molar refractivity (Wildman–Crippen MR) is 96.2 cm³/mol. The van der Waals surface area contributed by atoms with Crippen molar-refractivity contribution in [2.45, 2.75) is 55.7 Å². The second-order valence-corrected chi connectivity index (χ2v) is 8.06. The van der Waals surface area contributed by atoms with Crippen LogP contribution in [0.1, 0.15) is 25.7 Å². The van der Waals surface area contributed by atoms with Crippen LogP contribution in [0.4, 0.5) is 0 Å². The van der Waals surface area contributed by atoms with Gasteiger partial charge in [-0.2, -0.15) is 0 Å². The number of fused-ring (bicyclic) bond motifs is 3. The Hall–Kier alpha value is -1.39. The Morgan fingerprint density at radius 2 is 2.15 bits per heavy atom. The molecule has 5 unspecified atom stereocenters. The molecule has 4 aliphatic rings. The molecule has 4 rings (SSSR count). The molecule has 0 aromatic rings. The van der Waals surface area contributed by atoms with E-state index in [0.717, 1.165) is 37.8 Å². The summed E-state index contributed by atoms with van der Waals surface area (Å²) in [6.07, 6.45) is 5.27. The molecule has 3 aliphatic heterocycles. The number of ether oxygens (including phenoxy) is 3. The number of nitrogens with zero attached hydrogens (tertiary/aromatic N) is 2. The van der Waals surface area contributed by atoms with Gasteiger partial charge in [0.1, 0.15) is 0 Å². The molecule has 6 nitrogen and oxygen atoms in total. The van der Waals surface area contributed by atoms with Crippen LogP contribution in [0.3, 0.4) is 0 Å². The maximum absolute atomic E-state index is 12.2. The van der Waals surface area contributed by atoms with E-state index < -0.39 is 5.60 Å². The summed E-state index contributed by atoms with van der Waals surface area (Å²) < 4.78 is 17.1. The molecular weight excluding hydrogens is 332 g/mol. The molecule has 1 aliphatic carbocycles. The summed E-state index contributed by atoms with van der Waals surface area (Å²) >= 11 is 0. The van der Waals surface area contributed by atoms with Crippen molar-refractivity contribution in [1.82, 2.24) is 9.80 Å². The molecule has 142 valence electrons. The number of esters is 1. The van der Waals surface area contributed by atoms with Crippen LogP contribution >= 0.6 is 0 Å². The summed E-state index contributed by atoms with van der Waals surface area (Å²) in [4.78, 5) is 16.8. The molecule has 3 fully saturated rings. The monoisotopic (exact) mass is 360 g/mol. The van der Waals surface area contributed by atoms with Crippen LogP contribution in [-0.2, 0) is 19.0 Å². The highest BCUT2D eigenvalue weighted by molar-refractivity contribution is 5.87. The lowest BCUT2D eigenvalue weighted by molar-refractivity contribution is -0.151. The van der Waals surface area contributed by atoms with E-state index in [9.17, 15) is 4.79 Å². The first-order chi connectivity index (χ1) is 12.5. The van der Waals surface area contributed by atoms with Crippen molar-refractivity contribution >= 4 is 5.97 Å². The minimum atomic E-state index is -0.488. The average molecular weight is 360 g/mol. The van der Waals surface area contributed by atoms with Gasteiger partial charge >= 0.3 is 5.97 Å². The largest absolute Gasteiger partial charge is 0.450 e. The zero-order valence-electron chi connectivity index (χ0n) is 16.0. The van der Waals surface area contributed by atoms with Gasteiger partial charge in [0.05, 0.1) is 18.6 Å². The molecule has 1 spiro atoms. The van der Waals surface area contributed by atoms with Crippen molar-refractivity contribution in [3.8, 4) is 11.8 Å². The summed E-state index contributed by atoms with van der Waals surface area (Å²) in [6, 6.07) is 0.763. The lowest BCUT2D eigenvalue weighted by Gasteiger charge is -2.36. The van der Waals surface area contributed by atoms with Crippen LogP contribution in [0.15, 0.2) is 11.6 Å². The Balaban J connectivity index is 1.66. The standard InChI is InChI=1S/C20H28N2O4/c1-21(2)9-5-6-13-10-14-12-20(15(13)11-18(23)26-20)17-8-7-16(22(14)17)19(24-3)25-4/h11,13-14,16-17,19H,7-10,12H2,1-4H3. The van der Waals surface area contributed by atoms with Gasteiger partial charge in [-0.15, -0.1) is 0 Å². The molecule has 0 radical (unpaired) electrons. The average Bonchev–Trinajstić information content (AvgIpc) is 3.23. The minimum Gasteiger partial charge on any atom is -0.450 e. The van der Waals surface area contributed by atoms with Gasteiger partial charge in [0.15, 0.2) is 11.9 Å². The van der Waals surface area contributed by atoms with Crippen LogP contribution in [0.2, 0.25) is 0 Å². The summed E-state index contributed by atoms with van der Waals surface area (Å²) in [7, 11) is 7.41. The molecule has 6 heteroatoms. The molecule has 2 saturated heterocycles. The van der Waals surface area contributed by atoms with Gasteiger partial charge in [-0.05, 0) is 38.9 Å².